The summed E-state index contributed by atoms with van der Waals surface area (Å²) < 4.78 is 5.82. The Morgan fingerprint density at radius 3 is 2.61 bits per heavy atom. The highest BCUT2D eigenvalue weighted by Gasteiger charge is 2.21. The average molecular weight is 503 g/mol. The molecule has 0 atom stereocenters. The highest BCUT2D eigenvalue weighted by Crippen LogP contribution is 2.14. The van der Waals surface area contributed by atoms with E-state index >= 15 is 0 Å². The minimum Gasteiger partial charge on any atom is -0.492 e. The van der Waals surface area contributed by atoms with Gasteiger partial charge in [-0.15, -0.1) is 24.0 Å². The number of nitrogens with one attached hydrogen (secondary N) is 2. The van der Waals surface area contributed by atoms with E-state index < -0.39 is 0 Å². The second-order valence-electron chi connectivity index (χ2n) is 7.77. The molecule has 160 valence electrons. The SMILES string of the molecule is CN=C(NCc1cccc(OCCN(C)C)c1)NC1CCN(C(C)C)CC1.I. The summed E-state index contributed by atoms with van der Waals surface area (Å²) in [6.07, 6.45) is 2.32. The van der Waals surface area contributed by atoms with Crippen LogP contribution in [0.4, 0.5) is 0 Å². The molecular weight excluding hydrogens is 465 g/mol. The molecule has 1 aromatic carbocycles. The molecule has 2 rings (SSSR count). The van der Waals surface area contributed by atoms with Crippen LogP contribution in [0.2, 0.25) is 0 Å². The molecule has 0 unspecified atom stereocenters. The number of ether oxygens (including phenoxy) is 1. The minimum absolute atomic E-state index is 0. The van der Waals surface area contributed by atoms with Crippen molar-refractivity contribution in [3.63, 3.8) is 0 Å². The van der Waals surface area contributed by atoms with E-state index in [1.165, 1.54) is 5.56 Å². The number of rotatable bonds is 8. The van der Waals surface area contributed by atoms with Gasteiger partial charge in [-0.2, -0.15) is 0 Å². The number of likely N-dealkylation sites (N-methyl/N-ethyl adjacent to an activating group) is 1. The molecule has 0 aromatic heterocycles. The number of piperidine rings is 1. The van der Waals surface area contributed by atoms with Crippen LogP contribution in [0.25, 0.3) is 0 Å². The number of benzene rings is 1. The molecule has 0 radical (unpaired) electrons. The van der Waals surface area contributed by atoms with Gasteiger partial charge in [0.25, 0.3) is 0 Å². The van der Waals surface area contributed by atoms with Gasteiger partial charge in [-0.3, -0.25) is 4.99 Å². The molecule has 0 aliphatic carbocycles. The summed E-state index contributed by atoms with van der Waals surface area (Å²) in [4.78, 5) is 9.04. The lowest BCUT2D eigenvalue weighted by atomic mass is 10.0. The highest BCUT2D eigenvalue weighted by atomic mass is 127. The van der Waals surface area contributed by atoms with Gasteiger partial charge in [-0.05, 0) is 58.5 Å². The predicted molar refractivity (Wildman–Crippen MR) is 129 cm³/mol. The van der Waals surface area contributed by atoms with Crippen LogP contribution in [-0.2, 0) is 6.54 Å². The van der Waals surface area contributed by atoms with Crippen molar-refractivity contribution in [2.45, 2.75) is 45.3 Å². The van der Waals surface area contributed by atoms with Crippen LogP contribution in [-0.4, -0.2) is 75.2 Å². The van der Waals surface area contributed by atoms with Gasteiger partial charge in [0.05, 0.1) is 0 Å². The van der Waals surface area contributed by atoms with Crippen molar-refractivity contribution in [3.05, 3.63) is 29.8 Å². The van der Waals surface area contributed by atoms with E-state index in [1.807, 2.05) is 19.2 Å². The quantitative estimate of drug-likeness (QED) is 0.325. The third-order valence-electron chi connectivity index (χ3n) is 4.99. The molecule has 0 amide bonds. The Bertz CT molecular complexity index is 586. The van der Waals surface area contributed by atoms with Crippen LogP contribution in [0.1, 0.15) is 32.3 Å². The van der Waals surface area contributed by atoms with Crippen LogP contribution in [0.15, 0.2) is 29.3 Å². The lowest BCUT2D eigenvalue weighted by molar-refractivity contribution is 0.167. The number of halogens is 1. The summed E-state index contributed by atoms with van der Waals surface area (Å²) in [5.41, 5.74) is 1.19. The largest absolute Gasteiger partial charge is 0.492 e. The van der Waals surface area contributed by atoms with Crippen molar-refractivity contribution < 1.29 is 4.74 Å². The van der Waals surface area contributed by atoms with E-state index in [9.17, 15) is 0 Å². The number of guanidine groups is 1. The normalized spacial score (nSPS) is 16.2. The van der Waals surface area contributed by atoms with Crippen LogP contribution in [0.3, 0.4) is 0 Å². The number of likely N-dealkylation sites (tertiary alicyclic amines) is 1. The van der Waals surface area contributed by atoms with Gasteiger partial charge in [0, 0.05) is 45.3 Å². The standard InChI is InChI=1S/C21H37N5O.HI/c1-17(2)26-11-9-19(10-12-26)24-21(22-3)23-16-18-7-6-8-20(15-18)27-14-13-25(4)5;/h6-8,15,17,19H,9-14,16H2,1-5H3,(H2,22,23,24);1H. The first-order valence-corrected chi connectivity index (χ1v) is 10.1. The van der Waals surface area contributed by atoms with E-state index in [0.717, 1.165) is 50.7 Å². The molecule has 1 aromatic rings. The summed E-state index contributed by atoms with van der Waals surface area (Å²) in [5.74, 6) is 1.79. The zero-order valence-corrected chi connectivity index (χ0v) is 20.4. The molecular formula is C21H38IN5O. The summed E-state index contributed by atoms with van der Waals surface area (Å²) >= 11 is 0. The molecule has 1 saturated heterocycles. The second kappa shape index (κ2) is 13.2. The van der Waals surface area contributed by atoms with Crippen LogP contribution in [0.5, 0.6) is 5.75 Å². The first-order chi connectivity index (χ1) is 13.0. The number of nitrogens with zero attached hydrogens (tertiary/aromatic N) is 3. The van der Waals surface area contributed by atoms with Gasteiger partial charge in [-0.1, -0.05) is 12.1 Å². The smallest absolute Gasteiger partial charge is 0.191 e. The predicted octanol–water partition coefficient (Wildman–Crippen LogP) is 2.78. The Morgan fingerprint density at radius 2 is 2.00 bits per heavy atom. The molecule has 1 heterocycles. The molecule has 0 bridgehead atoms. The maximum absolute atomic E-state index is 5.82. The molecule has 1 aliphatic rings. The summed E-state index contributed by atoms with van der Waals surface area (Å²) in [6, 6.07) is 9.38. The van der Waals surface area contributed by atoms with E-state index in [4.69, 9.17) is 4.74 Å². The number of hydrogen-bond acceptors (Lipinski definition) is 4. The Morgan fingerprint density at radius 1 is 1.29 bits per heavy atom. The highest BCUT2D eigenvalue weighted by molar-refractivity contribution is 14.0. The first kappa shape index (κ1) is 25.0. The van der Waals surface area contributed by atoms with Gasteiger partial charge >= 0.3 is 0 Å². The lowest BCUT2D eigenvalue weighted by Crippen LogP contribution is -2.49. The van der Waals surface area contributed by atoms with Gasteiger partial charge < -0.3 is 25.2 Å². The molecule has 2 N–H and O–H groups in total. The first-order valence-electron chi connectivity index (χ1n) is 10.1. The average Bonchev–Trinajstić information content (AvgIpc) is 2.65. The number of hydrogen-bond donors (Lipinski definition) is 2. The van der Waals surface area contributed by atoms with Crippen molar-refractivity contribution in [2.24, 2.45) is 4.99 Å². The molecule has 6 nitrogen and oxygen atoms in total. The third-order valence-corrected chi connectivity index (χ3v) is 4.99. The van der Waals surface area contributed by atoms with E-state index in [-0.39, 0.29) is 24.0 Å². The molecule has 0 spiro atoms. The topological polar surface area (TPSA) is 52.1 Å². The Labute approximate surface area is 188 Å². The Hall–Kier alpha value is -1.06. The summed E-state index contributed by atoms with van der Waals surface area (Å²) in [7, 11) is 5.93. The summed E-state index contributed by atoms with van der Waals surface area (Å²) in [6.45, 7) is 9.18. The third kappa shape index (κ3) is 8.96. The van der Waals surface area contributed by atoms with Gasteiger partial charge in [0.2, 0.25) is 0 Å². The summed E-state index contributed by atoms with van der Waals surface area (Å²) in [5, 5.41) is 7.00. The van der Waals surface area contributed by atoms with E-state index in [1.54, 1.807) is 0 Å². The maximum atomic E-state index is 5.82. The fraction of sp³-hybridized carbons (Fsp3) is 0.667. The van der Waals surface area contributed by atoms with E-state index in [2.05, 4.69) is 65.5 Å². The fourth-order valence-electron chi connectivity index (χ4n) is 3.23. The minimum atomic E-state index is 0. The fourth-order valence-corrected chi connectivity index (χ4v) is 3.23. The van der Waals surface area contributed by atoms with E-state index in [0.29, 0.717) is 18.7 Å². The van der Waals surface area contributed by atoms with Crippen molar-refractivity contribution in [1.29, 1.82) is 0 Å². The monoisotopic (exact) mass is 503 g/mol. The number of aliphatic imine (C=N–C) groups is 1. The zero-order chi connectivity index (χ0) is 19.6. The molecule has 7 heteroatoms. The van der Waals surface area contributed by atoms with Crippen molar-refractivity contribution in [2.75, 3.05) is 47.4 Å². The van der Waals surface area contributed by atoms with Crippen LogP contribution < -0.4 is 15.4 Å². The molecule has 28 heavy (non-hydrogen) atoms. The maximum Gasteiger partial charge on any atom is 0.191 e. The van der Waals surface area contributed by atoms with Gasteiger partial charge in [0.15, 0.2) is 5.96 Å². The van der Waals surface area contributed by atoms with Gasteiger partial charge in [0.1, 0.15) is 12.4 Å². The lowest BCUT2D eigenvalue weighted by Gasteiger charge is -2.35. The zero-order valence-electron chi connectivity index (χ0n) is 18.1. The van der Waals surface area contributed by atoms with Crippen LogP contribution in [0, 0.1) is 0 Å². The van der Waals surface area contributed by atoms with Crippen LogP contribution >= 0.6 is 24.0 Å². The van der Waals surface area contributed by atoms with Gasteiger partial charge in [-0.25, -0.2) is 0 Å². The van der Waals surface area contributed by atoms with Crippen molar-refractivity contribution >= 4 is 29.9 Å². The molecule has 1 aliphatic heterocycles. The molecule has 1 fully saturated rings. The Balaban J connectivity index is 0.00000392. The molecule has 0 saturated carbocycles. The second-order valence-corrected chi connectivity index (χ2v) is 7.77. The van der Waals surface area contributed by atoms with Crippen molar-refractivity contribution in [1.82, 2.24) is 20.4 Å². The van der Waals surface area contributed by atoms with Crippen molar-refractivity contribution in [3.8, 4) is 5.75 Å². The Kier molecular flexibility index (Phi) is 11.8.